The van der Waals surface area contributed by atoms with E-state index in [9.17, 15) is 49.0 Å². The van der Waals surface area contributed by atoms with E-state index in [1.807, 2.05) is 0 Å². The number of fused-ring (bicyclic) bond motifs is 2. The standard InChI is InChI=1S/C36H38N2O17S3/c1-22-18-24(35(41)55-38-31(39)10-11-32(38)40)19-23(2)34(22)54-36(42)33-27-20-25(52-13-4-16-57(46,47)48)6-8-29(27)37(12-3-15-56(43,44)45)30-9-7-26(21-28(30)33)53-14-5-17-58(49,50)51/h6-9,18-21H,3-5,10-17H2,1-2H3,(H2-,43,44,45,46,47,48,49,50,51). The number of imide groups is 1. The molecule has 0 radical (unpaired) electrons. The Morgan fingerprint density at radius 3 is 1.66 bits per heavy atom. The van der Waals surface area contributed by atoms with Crippen LogP contribution < -0.4 is 18.8 Å². The summed E-state index contributed by atoms with van der Waals surface area (Å²) >= 11 is 0. The highest BCUT2D eigenvalue weighted by molar-refractivity contribution is 7.86. The maximum absolute atomic E-state index is 14.5. The number of rotatable bonds is 18. The summed E-state index contributed by atoms with van der Waals surface area (Å²) in [6.07, 6.45) is -0.504. The van der Waals surface area contributed by atoms with E-state index in [0.717, 1.165) is 0 Å². The molecule has 2 heterocycles. The Kier molecular flexibility index (Phi) is 13.4. The van der Waals surface area contributed by atoms with Gasteiger partial charge < -0.3 is 23.6 Å². The summed E-state index contributed by atoms with van der Waals surface area (Å²) in [5.41, 5.74) is 1.15. The molecule has 0 atom stereocenters. The molecule has 1 fully saturated rings. The Morgan fingerprint density at radius 2 is 1.21 bits per heavy atom. The number of ether oxygens (including phenoxy) is 3. The fraction of sp³-hybridized carbons (Fsp3) is 0.361. The summed E-state index contributed by atoms with van der Waals surface area (Å²) in [5.74, 6) is -4.80. The van der Waals surface area contributed by atoms with Gasteiger partial charge in [-0.05, 0) is 74.2 Å². The third-order valence-corrected chi connectivity index (χ3v) is 11.1. The monoisotopic (exact) mass is 866 g/mol. The molecule has 3 aromatic carbocycles. The molecule has 0 spiro atoms. The van der Waals surface area contributed by atoms with Crippen molar-refractivity contribution < 1.29 is 81.7 Å². The molecule has 19 nitrogen and oxygen atoms in total. The minimum absolute atomic E-state index is 0.0304. The number of nitrogens with zero attached hydrogens (tertiary/aromatic N) is 2. The second-order valence-electron chi connectivity index (χ2n) is 13.3. The molecule has 4 aromatic rings. The van der Waals surface area contributed by atoms with Crippen LogP contribution in [0, 0.1) is 13.8 Å². The minimum Gasteiger partial charge on any atom is -0.748 e. The van der Waals surface area contributed by atoms with Crippen LogP contribution in [0.4, 0.5) is 0 Å². The van der Waals surface area contributed by atoms with Crippen molar-refractivity contribution in [3.8, 4) is 17.2 Å². The van der Waals surface area contributed by atoms with Gasteiger partial charge in [-0.15, -0.1) is 5.06 Å². The van der Waals surface area contributed by atoms with Crippen molar-refractivity contribution in [2.45, 2.75) is 52.5 Å². The first-order valence-electron chi connectivity index (χ1n) is 17.5. The molecule has 1 saturated heterocycles. The number of aromatic nitrogens is 1. The Balaban J connectivity index is 1.61. The van der Waals surface area contributed by atoms with Crippen molar-refractivity contribution in [1.82, 2.24) is 5.06 Å². The molecule has 1 aliphatic heterocycles. The normalized spacial score (nSPS) is 13.6. The molecular formula is C36H38N2O17S3. The lowest BCUT2D eigenvalue weighted by Gasteiger charge is -2.17. The molecule has 0 bridgehead atoms. The highest BCUT2D eigenvalue weighted by Crippen LogP contribution is 2.34. The van der Waals surface area contributed by atoms with Crippen molar-refractivity contribution in [2.75, 3.05) is 30.5 Å². The van der Waals surface area contributed by atoms with Gasteiger partial charge >= 0.3 is 11.9 Å². The predicted molar refractivity (Wildman–Crippen MR) is 201 cm³/mol. The minimum atomic E-state index is -4.60. The van der Waals surface area contributed by atoms with Crippen LogP contribution >= 0.6 is 0 Å². The van der Waals surface area contributed by atoms with Crippen LogP contribution in [-0.2, 0) is 51.3 Å². The van der Waals surface area contributed by atoms with Crippen LogP contribution in [0.15, 0.2) is 48.5 Å². The molecule has 5 rings (SSSR count). The summed E-state index contributed by atoms with van der Waals surface area (Å²) in [6, 6.07) is 11.7. The molecule has 1 aliphatic rings. The van der Waals surface area contributed by atoms with E-state index in [1.165, 1.54) is 50.2 Å². The van der Waals surface area contributed by atoms with Gasteiger partial charge in [0.25, 0.3) is 32.1 Å². The maximum Gasteiger partial charge on any atom is 0.363 e. The van der Waals surface area contributed by atoms with E-state index in [0.29, 0.717) is 16.1 Å². The Morgan fingerprint density at radius 1 is 0.724 bits per heavy atom. The quantitative estimate of drug-likeness (QED) is 0.0276. The summed E-state index contributed by atoms with van der Waals surface area (Å²) in [4.78, 5) is 56.4. The maximum atomic E-state index is 14.5. The largest absolute Gasteiger partial charge is 0.748 e. The lowest BCUT2D eigenvalue weighted by molar-refractivity contribution is -0.645. The molecule has 0 aliphatic carbocycles. The number of hydrogen-bond donors (Lipinski definition) is 2. The molecule has 1 aromatic heterocycles. The van der Waals surface area contributed by atoms with Gasteiger partial charge in [-0.3, -0.25) is 18.7 Å². The highest BCUT2D eigenvalue weighted by atomic mass is 32.2. The van der Waals surface area contributed by atoms with Gasteiger partial charge in [-0.2, -0.15) is 21.4 Å². The second-order valence-corrected chi connectivity index (χ2v) is 17.9. The summed E-state index contributed by atoms with van der Waals surface area (Å²) in [5, 5.41) is 0.778. The van der Waals surface area contributed by atoms with Gasteiger partial charge in [0.2, 0.25) is 11.0 Å². The van der Waals surface area contributed by atoms with E-state index >= 15 is 0 Å². The number of esters is 1. The van der Waals surface area contributed by atoms with Gasteiger partial charge in [0.05, 0.1) is 56.7 Å². The van der Waals surface area contributed by atoms with E-state index in [1.54, 1.807) is 16.7 Å². The van der Waals surface area contributed by atoms with Crippen LogP contribution in [0.25, 0.3) is 21.8 Å². The number of carbonyl (C=O) groups is 4. The average Bonchev–Trinajstić information content (AvgIpc) is 3.43. The topological polar surface area (TPSA) is 278 Å². The Hall–Kier alpha value is -5.26. The third kappa shape index (κ3) is 11.4. The number of hydrogen-bond acceptors (Lipinski definition) is 15. The van der Waals surface area contributed by atoms with Crippen molar-refractivity contribution in [3.63, 3.8) is 0 Å². The van der Waals surface area contributed by atoms with Gasteiger partial charge in [0.1, 0.15) is 17.2 Å². The molecule has 58 heavy (non-hydrogen) atoms. The molecule has 312 valence electrons. The van der Waals surface area contributed by atoms with Crippen LogP contribution in [0.1, 0.15) is 63.9 Å². The number of pyridine rings is 1. The smallest absolute Gasteiger partial charge is 0.363 e. The zero-order chi connectivity index (χ0) is 42.6. The first kappa shape index (κ1) is 43.9. The molecule has 2 amide bonds. The van der Waals surface area contributed by atoms with E-state index in [-0.39, 0.29) is 102 Å². The average molecular weight is 867 g/mol. The first-order chi connectivity index (χ1) is 27.1. The number of benzene rings is 3. The number of hydroxylamine groups is 2. The summed E-state index contributed by atoms with van der Waals surface area (Å²) in [7, 11) is -13.2. The van der Waals surface area contributed by atoms with Crippen molar-refractivity contribution >= 4 is 75.9 Å². The third-order valence-electron chi connectivity index (χ3n) is 8.74. The fourth-order valence-electron chi connectivity index (χ4n) is 6.25. The Labute approximate surface area is 332 Å². The van der Waals surface area contributed by atoms with Crippen LogP contribution in [0.5, 0.6) is 17.2 Å². The zero-order valence-electron chi connectivity index (χ0n) is 31.0. The first-order valence-corrected chi connectivity index (χ1v) is 22.3. The van der Waals surface area contributed by atoms with Crippen molar-refractivity contribution in [3.05, 3.63) is 70.8 Å². The van der Waals surface area contributed by atoms with Crippen molar-refractivity contribution in [2.24, 2.45) is 0 Å². The molecular weight excluding hydrogens is 829 g/mol. The summed E-state index contributed by atoms with van der Waals surface area (Å²) in [6.45, 7) is 2.73. The molecule has 22 heteroatoms. The van der Waals surface area contributed by atoms with Crippen LogP contribution in [0.3, 0.4) is 0 Å². The van der Waals surface area contributed by atoms with Gasteiger partial charge in [-0.25, -0.2) is 18.0 Å². The van der Waals surface area contributed by atoms with E-state index in [2.05, 4.69) is 0 Å². The van der Waals surface area contributed by atoms with Gasteiger partial charge in [0.15, 0.2) is 6.54 Å². The number of carbonyl (C=O) groups excluding carboxylic acids is 4. The van der Waals surface area contributed by atoms with Crippen LogP contribution in [-0.4, -0.2) is 98.2 Å². The van der Waals surface area contributed by atoms with Crippen LogP contribution in [0.2, 0.25) is 0 Å². The van der Waals surface area contributed by atoms with Crippen molar-refractivity contribution in [1.29, 1.82) is 0 Å². The lowest BCUT2D eigenvalue weighted by Crippen LogP contribution is -2.37. The number of aryl methyl sites for hydroxylation is 3. The highest BCUT2D eigenvalue weighted by Gasteiger charge is 2.34. The lowest BCUT2D eigenvalue weighted by atomic mass is 10.0. The fourth-order valence-corrected chi connectivity index (χ4v) is 7.69. The SMILES string of the molecule is Cc1cc(C(=O)ON2C(=O)CCC2=O)cc(C)c1OC(=O)c1c2cc(OCCCS(=O)(=O)O)ccc2[n+](CCCS(=O)(=O)[O-])c2ccc(OCCCS(=O)(=O)O)cc12. The predicted octanol–water partition coefficient (Wildman–Crippen LogP) is 2.59. The summed E-state index contributed by atoms with van der Waals surface area (Å²) < 4.78 is 117. The molecule has 2 N–H and O–H groups in total. The zero-order valence-corrected chi connectivity index (χ0v) is 33.5. The van der Waals surface area contributed by atoms with Gasteiger partial charge in [-0.1, -0.05) is 0 Å². The molecule has 0 saturated carbocycles. The van der Waals surface area contributed by atoms with E-state index < -0.39 is 71.4 Å². The second kappa shape index (κ2) is 17.7. The van der Waals surface area contributed by atoms with Gasteiger partial charge in [0, 0.05) is 37.1 Å². The Bertz CT molecular complexity index is 2500. The molecule has 0 unspecified atom stereocenters. The number of amides is 2. The van der Waals surface area contributed by atoms with E-state index in [4.69, 9.17) is 28.2 Å².